The van der Waals surface area contributed by atoms with E-state index in [4.69, 9.17) is 5.73 Å². The Morgan fingerprint density at radius 2 is 2.39 bits per heavy atom. The Bertz CT molecular complexity index is 582. The second kappa shape index (κ2) is 5.49. The van der Waals surface area contributed by atoms with Crippen molar-refractivity contribution in [3.05, 3.63) is 44.3 Å². The van der Waals surface area contributed by atoms with Crippen LogP contribution in [-0.4, -0.2) is 10.9 Å². The van der Waals surface area contributed by atoms with Crippen LogP contribution >= 0.6 is 27.3 Å². The van der Waals surface area contributed by atoms with Gasteiger partial charge in [0.25, 0.3) is 5.91 Å². The number of hydrogen-bond donors (Lipinski definition) is 2. The summed E-state index contributed by atoms with van der Waals surface area (Å²) < 4.78 is 1.01. The van der Waals surface area contributed by atoms with E-state index in [1.165, 1.54) is 0 Å². The molecule has 3 N–H and O–H groups in total. The van der Waals surface area contributed by atoms with E-state index in [0.717, 1.165) is 9.35 Å². The summed E-state index contributed by atoms with van der Waals surface area (Å²) >= 11 is 5.02. The Hall–Kier alpha value is -1.40. The minimum Gasteiger partial charge on any atom is -0.397 e. The number of carbonyl (C=O) groups is 1. The van der Waals surface area contributed by atoms with E-state index in [2.05, 4.69) is 26.2 Å². The Morgan fingerprint density at radius 3 is 3.06 bits per heavy atom. The second-order valence-corrected chi connectivity index (χ2v) is 5.63. The van der Waals surface area contributed by atoms with Gasteiger partial charge in [-0.05, 0) is 40.4 Å². The zero-order valence-corrected chi connectivity index (χ0v) is 12.1. The molecule has 0 aromatic carbocycles. The summed E-state index contributed by atoms with van der Waals surface area (Å²) in [5, 5.41) is 4.83. The number of aromatic nitrogens is 1. The van der Waals surface area contributed by atoms with Crippen molar-refractivity contribution in [2.24, 2.45) is 0 Å². The van der Waals surface area contributed by atoms with Gasteiger partial charge in [-0.2, -0.15) is 0 Å². The number of nitrogens with zero attached hydrogens (tertiary/aromatic N) is 1. The third kappa shape index (κ3) is 2.88. The first-order chi connectivity index (χ1) is 8.58. The van der Waals surface area contributed by atoms with Crippen LogP contribution in [0.1, 0.15) is 20.9 Å². The highest BCUT2D eigenvalue weighted by Crippen LogP contribution is 2.22. The van der Waals surface area contributed by atoms with E-state index in [1.807, 2.05) is 11.4 Å². The zero-order chi connectivity index (χ0) is 13.1. The van der Waals surface area contributed by atoms with E-state index in [9.17, 15) is 4.79 Å². The lowest BCUT2D eigenvalue weighted by Crippen LogP contribution is -2.23. The number of nitrogens with two attached hydrogens (primary N) is 1. The number of nitrogen functional groups attached to an aromatic ring is 1. The molecule has 6 heteroatoms. The minimum atomic E-state index is -0.160. The van der Waals surface area contributed by atoms with Gasteiger partial charge in [-0.3, -0.25) is 9.78 Å². The number of aryl methyl sites for hydroxylation is 1. The number of carbonyl (C=O) groups excluding carboxylic acids is 1. The third-order valence-corrected chi connectivity index (χ3v) is 4.38. The first-order valence-electron chi connectivity index (χ1n) is 5.30. The highest BCUT2D eigenvalue weighted by molar-refractivity contribution is 9.10. The van der Waals surface area contributed by atoms with Crippen molar-refractivity contribution >= 4 is 38.9 Å². The van der Waals surface area contributed by atoms with Gasteiger partial charge in [0, 0.05) is 9.35 Å². The summed E-state index contributed by atoms with van der Waals surface area (Å²) in [6.07, 6.45) is 1.54. The predicted octanol–water partition coefficient (Wildman–Crippen LogP) is 2.73. The number of hydrogen-bond acceptors (Lipinski definition) is 4. The van der Waals surface area contributed by atoms with E-state index in [0.29, 0.717) is 23.5 Å². The molecule has 2 aromatic rings. The number of thiophene rings is 1. The maximum atomic E-state index is 12.0. The van der Waals surface area contributed by atoms with Crippen LogP contribution in [0.25, 0.3) is 0 Å². The lowest BCUT2D eigenvalue weighted by Gasteiger charge is -2.07. The molecule has 1 amide bonds. The molecular formula is C12H12BrN3OS. The van der Waals surface area contributed by atoms with Crippen LogP contribution in [0, 0.1) is 6.92 Å². The van der Waals surface area contributed by atoms with Crippen LogP contribution in [0.5, 0.6) is 0 Å². The molecular weight excluding hydrogens is 314 g/mol. The predicted molar refractivity (Wildman–Crippen MR) is 76.6 cm³/mol. The largest absolute Gasteiger partial charge is 0.397 e. The summed E-state index contributed by atoms with van der Waals surface area (Å²) in [4.78, 5) is 17.2. The highest BCUT2D eigenvalue weighted by Gasteiger charge is 2.11. The number of amides is 1. The summed E-state index contributed by atoms with van der Waals surface area (Å²) in [6, 6.07) is 3.60. The van der Waals surface area contributed by atoms with Gasteiger partial charge in [0.1, 0.15) is 0 Å². The molecule has 0 spiro atoms. The summed E-state index contributed by atoms with van der Waals surface area (Å²) in [7, 11) is 0. The van der Waals surface area contributed by atoms with Crippen molar-refractivity contribution in [1.82, 2.24) is 10.3 Å². The first-order valence-corrected chi connectivity index (χ1v) is 6.97. The van der Waals surface area contributed by atoms with Crippen LogP contribution in [0.3, 0.4) is 0 Å². The van der Waals surface area contributed by atoms with Gasteiger partial charge in [0.15, 0.2) is 0 Å². The maximum absolute atomic E-state index is 12.0. The number of nitrogens with one attached hydrogen (secondary N) is 1. The van der Waals surface area contributed by atoms with Crippen molar-refractivity contribution in [3.63, 3.8) is 0 Å². The first kappa shape index (κ1) is 13.0. The van der Waals surface area contributed by atoms with Crippen LogP contribution < -0.4 is 11.1 Å². The molecule has 0 fully saturated rings. The maximum Gasteiger partial charge on any atom is 0.253 e. The van der Waals surface area contributed by atoms with Crippen molar-refractivity contribution < 1.29 is 4.79 Å². The van der Waals surface area contributed by atoms with Crippen LogP contribution in [0.4, 0.5) is 5.69 Å². The van der Waals surface area contributed by atoms with Gasteiger partial charge in [-0.15, -0.1) is 11.3 Å². The monoisotopic (exact) mass is 325 g/mol. The lowest BCUT2D eigenvalue weighted by atomic mass is 10.2. The summed E-state index contributed by atoms with van der Waals surface area (Å²) in [6.45, 7) is 2.28. The number of halogens is 1. The molecule has 0 aliphatic carbocycles. The van der Waals surface area contributed by atoms with Crippen LogP contribution in [0.15, 0.2) is 28.2 Å². The molecule has 18 heavy (non-hydrogen) atoms. The van der Waals surface area contributed by atoms with Gasteiger partial charge in [-0.25, -0.2) is 0 Å². The van der Waals surface area contributed by atoms with Gasteiger partial charge in [-0.1, -0.05) is 0 Å². The minimum absolute atomic E-state index is 0.160. The molecule has 0 unspecified atom stereocenters. The summed E-state index contributed by atoms with van der Waals surface area (Å²) in [5.41, 5.74) is 7.31. The Balaban J connectivity index is 2.08. The van der Waals surface area contributed by atoms with Gasteiger partial charge in [0.05, 0.1) is 29.7 Å². The van der Waals surface area contributed by atoms with E-state index >= 15 is 0 Å². The average Bonchev–Trinajstić information content (AvgIpc) is 2.75. The Labute approximate surface area is 117 Å². The summed E-state index contributed by atoms with van der Waals surface area (Å²) in [5.74, 6) is -0.160. The van der Waals surface area contributed by atoms with Crippen molar-refractivity contribution in [2.75, 3.05) is 5.73 Å². The molecule has 0 aliphatic heterocycles. The van der Waals surface area contributed by atoms with Gasteiger partial charge < -0.3 is 11.1 Å². The second-order valence-electron chi connectivity index (χ2n) is 3.78. The van der Waals surface area contributed by atoms with E-state index in [1.54, 1.807) is 30.5 Å². The molecule has 0 aliphatic rings. The standard InChI is InChI=1S/C12H12BrN3OS/c1-7-9(4-8(14)5-15-7)12(17)16-6-11-10(13)2-3-18-11/h2-5H,6,14H2,1H3,(H,16,17). The molecule has 2 heterocycles. The van der Waals surface area contributed by atoms with Crippen LogP contribution in [0.2, 0.25) is 0 Å². The van der Waals surface area contributed by atoms with Crippen molar-refractivity contribution in [1.29, 1.82) is 0 Å². The van der Waals surface area contributed by atoms with Crippen molar-refractivity contribution in [2.45, 2.75) is 13.5 Å². The van der Waals surface area contributed by atoms with Crippen molar-refractivity contribution in [3.8, 4) is 0 Å². The lowest BCUT2D eigenvalue weighted by molar-refractivity contribution is 0.0950. The van der Waals surface area contributed by atoms with Gasteiger partial charge in [0.2, 0.25) is 0 Å². The molecule has 0 saturated carbocycles. The fraction of sp³-hybridized carbons (Fsp3) is 0.167. The molecule has 4 nitrogen and oxygen atoms in total. The molecule has 2 rings (SSSR count). The molecule has 94 valence electrons. The fourth-order valence-electron chi connectivity index (χ4n) is 1.49. The number of pyridine rings is 1. The Morgan fingerprint density at radius 1 is 1.61 bits per heavy atom. The SMILES string of the molecule is Cc1ncc(N)cc1C(=O)NCc1sccc1Br. The Kier molecular flexibility index (Phi) is 3.98. The number of anilines is 1. The molecule has 0 radical (unpaired) electrons. The normalized spacial score (nSPS) is 10.3. The highest BCUT2D eigenvalue weighted by atomic mass is 79.9. The molecule has 0 saturated heterocycles. The molecule has 0 bridgehead atoms. The quantitative estimate of drug-likeness (QED) is 0.911. The molecule has 0 atom stereocenters. The fourth-order valence-corrected chi connectivity index (χ4v) is 2.92. The van der Waals surface area contributed by atoms with E-state index in [-0.39, 0.29) is 5.91 Å². The zero-order valence-electron chi connectivity index (χ0n) is 9.74. The number of rotatable bonds is 3. The average molecular weight is 326 g/mol. The smallest absolute Gasteiger partial charge is 0.253 e. The molecule has 2 aromatic heterocycles. The van der Waals surface area contributed by atoms with Gasteiger partial charge >= 0.3 is 0 Å². The van der Waals surface area contributed by atoms with E-state index < -0.39 is 0 Å². The topological polar surface area (TPSA) is 68.0 Å². The third-order valence-electron chi connectivity index (χ3n) is 2.45. The van der Waals surface area contributed by atoms with Crippen LogP contribution in [-0.2, 0) is 6.54 Å².